The van der Waals surface area contributed by atoms with Crippen LogP contribution in [0.4, 0.5) is 0 Å². The maximum absolute atomic E-state index is 12.2. The molecule has 0 aromatic heterocycles. The largest absolute Gasteiger partial charge is 0.494 e. The Morgan fingerprint density at radius 1 is 1.04 bits per heavy atom. The average Bonchev–Trinajstić information content (AvgIpc) is 2.57. The molecule has 0 fully saturated rings. The minimum atomic E-state index is -3.70. The highest BCUT2D eigenvalue weighted by atomic mass is 32.2. The Kier molecular flexibility index (Phi) is 6.41. The zero-order chi connectivity index (χ0) is 18.3. The Morgan fingerprint density at radius 2 is 1.72 bits per heavy atom. The number of benzene rings is 2. The molecule has 6 nitrogen and oxygen atoms in total. The molecule has 1 N–H and O–H groups in total. The summed E-state index contributed by atoms with van der Waals surface area (Å²) >= 11 is 0. The second-order valence-electron chi connectivity index (χ2n) is 5.23. The van der Waals surface area contributed by atoms with Crippen LogP contribution in [0.1, 0.15) is 25.0 Å². The first kappa shape index (κ1) is 18.8. The number of hydrazone groups is 1. The van der Waals surface area contributed by atoms with Crippen LogP contribution in [0.5, 0.6) is 11.5 Å². The van der Waals surface area contributed by atoms with Gasteiger partial charge in [-0.25, -0.2) is 4.83 Å². The van der Waals surface area contributed by atoms with Gasteiger partial charge in [0, 0.05) is 11.6 Å². The zero-order valence-corrected chi connectivity index (χ0v) is 15.3. The Morgan fingerprint density at radius 3 is 2.36 bits per heavy atom. The lowest BCUT2D eigenvalue weighted by molar-refractivity contribution is 0.323. The quantitative estimate of drug-likeness (QED) is 0.578. The molecule has 25 heavy (non-hydrogen) atoms. The van der Waals surface area contributed by atoms with Gasteiger partial charge in [-0.2, -0.15) is 13.5 Å². The maximum atomic E-state index is 12.2. The second-order valence-corrected chi connectivity index (χ2v) is 6.89. The number of hydrogen-bond donors (Lipinski definition) is 1. The number of rotatable bonds is 8. The summed E-state index contributed by atoms with van der Waals surface area (Å²) in [7, 11) is -3.70. The third kappa shape index (κ3) is 5.22. The molecule has 0 saturated carbocycles. The number of nitrogens with zero attached hydrogens (tertiary/aromatic N) is 1. The SMILES string of the molecule is CCOc1ccc(/C=N\NS(=O)(=O)c2ccc(C)cc2)c(OCC)c1. The molecule has 0 atom stereocenters. The van der Waals surface area contributed by atoms with Gasteiger partial charge in [0.05, 0.1) is 24.3 Å². The predicted octanol–water partition coefficient (Wildman–Crippen LogP) is 3.10. The van der Waals surface area contributed by atoms with Crippen molar-refractivity contribution in [3.8, 4) is 11.5 Å². The van der Waals surface area contributed by atoms with Gasteiger partial charge >= 0.3 is 0 Å². The van der Waals surface area contributed by atoms with Gasteiger partial charge in [0.15, 0.2) is 0 Å². The monoisotopic (exact) mass is 362 g/mol. The molecule has 0 aliphatic rings. The first-order valence-electron chi connectivity index (χ1n) is 7.97. The van der Waals surface area contributed by atoms with E-state index in [9.17, 15) is 8.42 Å². The molecular weight excluding hydrogens is 340 g/mol. The van der Waals surface area contributed by atoms with E-state index in [1.807, 2.05) is 20.8 Å². The number of hydrogen-bond acceptors (Lipinski definition) is 5. The van der Waals surface area contributed by atoms with Crippen LogP contribution < -0.4 is 14.3 Å². The molecule has 0 saturated heterocycles. The number of nitrogens with one attached hydrogen (secondary N) is 1. The van der Waals surface area contributed by atoms with E-state index in [0.717, 1.165) is 5.56 Å². The fourth-order valence-corrected chi connectivity index (χ4v) is 2.88. The minimum Gasteiger partial charge on any atom is -0.494 e. The van der Waals surface area contributed by atoms with Crippen LogP contribution in [0.2, 0.25) is 0 Å². The van der Waals surface area contributed by atoms with Gasteiger partial charge in [-0.3, -0.25) is 0 Å². The maximum Gasteiger partial charge on any atom is 0.276 e. The highest BCUT2D eigenvalue weighted by Gasteiger charge is 2.12. The number of aryl methyl sites for hydroxylation is 1. The van der Waals surface area contributed by atoms with Crippen LogP contribution >= 0.6 is 0 Å². The molecule has 2 rings (SSSR count). The minimum absolute atomic E-state index is 0.159. The predicted molar refractivity (Wildman–Crippen MR) is 97.9 cm³/mol. The van der Waals surface area contributed by atoms with Gasteiger partial charge in [0.1, 0.15) is 11.5 Å². The van der Waals surface area contributed by atoms with Crippen LogP contribution in [0, 0.1) is 6.92 Å². The second kappa shape index (κ2) is 8.53. The van der Waals surface area contributed by atoms with Crippen molar-refractivity contribution in [3.63, 3.8) is 0 Å². The molecule has 0 unspecified atom stereocenters. The molecule has 0 amide bonds. The van der Waals surface area contributed by atoms with E-state index in [0.29, 0.717) is 30.3 Å². The third-order valence-corrected chi connectivity index (χ3v) is 4.54. The zero-order valence-electron chi connectivity index (χ0n) is 14.5. The molecule has 0 bridgehead atoms. The fraction of sp³-hybridized carbons (Fsp3) is 0.278. The lowest BCUT2D eigenvalue weighted by atomic mass is 10.2. The summed E-state index contributed by atoms with van der Waals surface area (Å²) in [5, 5.41) is 3.85. The number of ether oxygens (including phenoxy) is 2. The summed E-state index contributed by atoms with van der Waals surface area (Å²) in [6.45, 7) is 6.69. The van der Waals surface area contributed by atoms with Crippen molar-refractivity contribution < 1.29 is 17.9 Å². The molecule has 0 aliphatic heterocycles. The number of sulfonamides is 1. The molecule has 2 aromatic carbocycles. The fourth-order valence-electron chi connectivity index (χ4n) is 2.09. The first-order chi connectivity index (χ1) is 12.0. The van der Waals surface area contributed by atoms with Gasteiger partial charge in [-0.05, 0) is 45.0 Å². The van der Waals surface area contributed by atoms with Crippen LogP contribution in [-0.2, 0) is 10.0 Å². The summed E-state index contributed by atoms with van der Waals surface area (Å²) in [4.78, 5) is 2.37. The molecule has 0 aliphatic carbocycles. The average molecular weight is 362 g/mol. The summed E-state index contributed by atoms with van der Waals surface area (Å²) < 4.78 is 35.4. The standard InChI is InChI=1S/C18H22N2O4S/c1-4-23-16-9-8-15(18(12-16)24-5-2)13-19-20-25(21,22)17-10-6-14(3)7-11-17/h6-13,20H,4-5H2,1-3H3/b19-13-. The van der Waals surface area contributed by atoms with E-state index < -0.39 is 10.0 Å². The highest BCUT2D eigenvalue weighted by Crippen LogP contribution is 2.24. The van der Waals surface area contributed by atoms with E-state index in [1.54, 1.807) is 30.3 Å². The van der Waals surface area contributed by atoms with Crippen molar-refractivity contribution in [2.45, 2.75) is 25.7 Å². The highest BCUT2D eigenvalue weighted by molar-refractivity contribution is 7.89. The summed E-state index contributed by atoms with van der Waals surface area (Å²) in [6, 6.07) is 11.8. The van der Waals surface area contributed by atoms with Crippen molar-refractivity contribution in [2.24, 2.45) is 5.10 Å². The molecule has 2 aromatic rings. The van der Waals surface area contributed by atoms with Crippen molar-refractivity contribution in [1.82, 2.24) is 4.83 Å². The van der Waals surface area contributed by atoms with Crippen molar-refractivity contribution in [2.75, 3.05) is 13.2 Å². The van der Waals surface area contributed by atoms with Gasteiger partial charge in [-0.15, -0.1) is 0 Å². The van der Waals surface area contributed by atoms with Gasteiger partial charge in [0.2, 0.25) is 0 Å². The topological polar surface area (TPSA) is 77.0 Å². The van der Waals surface area contributed by atoms with Crippen LogP contribution in [0.15, 0.2) is 52.5 Å². The van der Waals surface area contributed by atoms with E-state index in [1.165, 1.54) is 18.3 Å². The molecule has 0 heterocycles. The van der Waals surface area contributed by atoms with Crippen LogP contribution in [-0.4, -0.2) is 27.8 Å². The van der Waals surface area contributed by atoms with E-state index in [2.05, 4.69) is 9.93 Å². The lowest BCUT2D eigenvalue weighted by Crippen LogP contribution is -2.18. The Hall–Kier alpha value is -2.54. The van der Waals surface area contributed by atoms with Crippen molar-refractivity contribution in [1.29, 1.82) is 0 Å². The first-order valence-corrected chi connectivity index (χ1v) is 9.45. The Labute approximate surface area is 148 Å². The van der Waals surface area contributed by atoms with Crippen molar-refractivity contribution >= 4 is 16.2 Å². The smallest absolute Gasteiger partial charge is 0.276 e. The van der Waals surface area contributed by atoms with Crippen LogP contribution in [0.3, 0.4) is 0 Å². The third-order valence-electron chi connectivity index (χ3n) is 3.30. The molecular formula is C18H22N2O4S. The summed E-state index contributed by atoms with van der Waals surface area (Å²) in [5.74, 6) is 1.26. The lowest BCUT2D eigenvalue weighted by Gasteiger charge is -2.10. The molecule has 7 heteroatoms. The van der Waals surface area contributed by atoms with Gasteiger partial charge in [0.25, 0.3) is 10.0 Å². The van der Waals surface area contributed by atoms with E-state index in [4.69, 9.17) is 9.47 Å². The molecule has 0 radical (unpaired) electrons. The molecule has 134 valence electrons. The summed E-state index contributed by atoms with van der Waals surface area (Å²) in [5.41, 5.74) is 1.63. The Balaban J connectivity index is 2.16. The van der Waals surface area contributed by atoms with E-state index in [-0.39, 0.29) is 4.90 Å². The molecule has 0 spiro atoms. The van der Waals surface area contributed by atoms with Gasteiger partial charge in [-0.1, -0.05) is 17.7 Å². The summed E-state index contributed by atoms with van der Waals surface area (Å²) in [6.07, 6.45) is 1.41. The van der Waals surface area contributed by atoms with Crippen molar-refractivity contribution in [3.05, 3.63) is 53.6 Å². The Bertz CT molecular complexity index is 831. The van der Waals surface area contributed by atoms with Gasteiger partial charge < -0.3 is 9.47 Å². The van der Waals surface area contributed by atoms with Crippen LogP contribution in [0.25, 0.3) is 0 Å². The normalized spacial score (nSPS) is 11.5. The van der Waals surface area contributed by atoms with E-state index >= 15 is 0 Å².